The zero-order valence-corrected chi connectivity index (χ0v) is 16.5. The summed E-state index contributed by atoms with van der Waals surface area (Å²) in [7, 11) is 1.64. The average Bonchev–Trinajstić information content (AvgIpc) is 3.22. The highest BCUT2D eigenvalue weighted by Gasteiger charge is 2.14. The lowest BCUT2D eigenvalue weighted by Crippen LogP contribution is -1.98. The maximum Gasteiger partial charge on any atom is 0.187 e. The Bertz CT molecular complexity index is 1310. The molecule has 0 saturated carbocycles. The van der Waals surface area contributed by atoms with Crippen LogP contribution < -0.4 is 4.74 Å². The molecule has 0 fully saturated rings. The van der Waals surface area contributed by atoms with Gasteiger partial charge >= 0.3 is 0 Å². The topological polar surface area (TPSA) is 65.7 Å². The molecule has 2 aromatic heterocycles. The molecule has 5 aromatic rings. The summed E-state index contributed by atoms with van der Waals surface area (Å²) in [4.78, 5) is 8.87. The molecule has 0 bridgehead atoms. The third-order valence-electron chi connectivity index (χ3n) is 4.75. The molecule has 0 spiro atoms. The van der Waals surface area contributed by atoms with E-state index >= 15 is 0 Å². The molecule has 6 nitrogen and oxygen atoms in total. The number of hydrogen-bond acceptors (Lipinski definition) is 6. The zero-order valence-electron chi connectivity index (χ0n) is 15.7. The van der Waals surface area contributed by atoms with Gasteiger partial charge in [0.15, 0.2) is 11.2 Å². The van der Waals surface area contributed by atoms with Gasteiger partial charge in [-0.3, -0.25) is 0 Å². The Balaban J connectivity index is 1.49. The number of hydrogen-bond donors (Lipinski definition) is 0. The number of benzene rings is 3. The van der Waals surface area contributed by atoms with Gasteiger partial charge in [0.25, 0.3) is 0 Å². The van der Waals surface area contributed by atoms with Crippen LogP contribution in [0.15, 0.2) is 78.1 Å². The zero-order chi connectivity index (χ0) is 19.6. The average molecular weight is 399 g/mol. The molecule has 2 heterocycles. The smallest absolute Gasteiger partial charge is 0.187 e. The largest absolute Gasteiger partial charge is 0.497 e. The van der Waals surface area contributed by atoms with E-state index in [9.17, 15) is 0 Å². The number of aromatic nitrogens is 5. The monoisotopic (exact) mass is 399 g/mol. The van der Waals surface area contributed by atoms with E-state index in [0.717, 1.165) is 22.2 Å². The summed E-state index contributed by atoms with van der Waals surface area (Å²) in [5.41, 5.74) is 3.48. The fourth-order valence-electron chi connectivity index (χ4n) is 3.31. The van der Waals surface area contributed by atoms with E-state index in [1.165, 1.54) is 16.3 Å². The maximum absolute atomic E-state index is 5.31. The molecule has 29 heavy (non-hydrogen) atoms. The molecule has 0 amide bonds. The van der Waals surface area contributed by atoms with Crippen molar-refractivity contribution < 1.29 is 4.74 Å². The van der Waals surface area contributed by atoms with Gasteiger partial charge in [0, 0.05) is 11.8 Å². The van der Waals surface area contributed by atoms with Gasteiger partial charge in [-0.15, -0.1) is 5.10 Å². The Morgan fingerprint density at radius 2 is 1.83 bits per heavy atom. The minimum atomic E-state index is 0.675. The second-order valence-corrected chi connectivity index (χ2v) is 7.44. The number of rotatable bonds is 5. The van der Waals surface area contributed by atoms with Crippen LogP contribution in [-0.4, -0.2) is 32.1 Å². The standard InChI is InChI=1S/C22H17N5OS/c1-28-18-10-5-9-17(12-18)27-21-20(25-26-27)22(24-14-23-21)29-13-16-8-4-7-15-6-2-3-11-19(15)16/h2-12,14H,13H2,1H3. The van der Waals surface area contributed by atoms with Crippen LogP contribution >= 0.6 is 11.8 Å². The van der Waals surface area contributed by atoms with E-state index in [2.05, 4.69) is 62.7 Å². The summed E-state index contributed by atoms with van der Waals surface area (Å²) in [6, 6.07) is 22.4. The van der Waals surface area contributed by atoms with Gasteiger partial charge in [-0.25, -0.2) is 9.97 Å². The molecule has 0 atom stereocenters. The third kappa shape index (κ3) is 3.30. The molecule has 0 aliphatic carbocycles. The highest BCUT2D eigenvalue weighted by Crippen LogP contribution is 2.30. The van der Waals surface area contributed by atoms with Crippen molar-refractivity contribution in [3.8, 4) is 11.4 Å². The Morgan fingerprint density at radius 3 is 2.76 bits per heavy atom. The Hall–Kier alpha value is -3.45. The predicted molar refractivity (Wildman–Crippen MR) is 115 cm³/mol. The van der Waals surface area contributed by atoms with Crippen LogP contribution in [0.3, 0.4) is 0 Å². The van der Waals surface area contributed by atoms with Crippen molar-refractivity contribution in [3.63, 3.8) is 0 Å². The van der Waals surface area contributed by atoms with Crippen LogP contribution in [0.5, 0.6) is 5.75 Å². The number of fused-ring (bicyclic) bond motifs is 2. The molecule has 0 N–H and O–H groups in total. The van der Waals surface area contributed by atoms with Crippen molar-refractivity contribution in [2.75, 3.05) is 7.11 Å². The Labute approximate surface area is 171 Å². The molecular weight excluding hydrogens is 382 g/mol. The van der Waals surface area contributed by atoms with Crippen LogP contribution in [0.25, 0.3) is 27.6 Å². The highest BCUT2D eigenvalue weighted by atomic mass is 32.2. The summed E-state index contributed by atoms with van der Waals surface area (Å²) in [6.07, 6.45) is 1.56. The van der Waals surface area contributed by atoms with Gasteiger partial charge in [-0.1, -0.05) is 65.5 Å². The van der Waals surface area contributed by atoms with E-state index < -0.39 is 0 Å². The van der Waals surface area contributed by atoms with E-state index in [0.29, 0.717) is 11.2 Å². The first-order valence-electron chi connectivity index (χ1n) is 9.14. The molecule has 142 valence electrons. The normalized spacial score (nSPS) is 11.2. The molecule has 0 radical (unpaired) electrons. The minimum absolute atomic E-state index is 0.675. The second kappa shape index (κ2) is 7.52. The first-order valence-corrected chi connectivity index (χ1v) is 10.1. The summed E-state index contributed by atoms with van der Waals surface area (Å²) < 4.78 is 7.02. The van der Waals surface area contributed by atoms with Crippen molar-refractivity contribution in [2.45, 2.75) is 10.8 Å². The summed E-state index contributed by atoms with van der Waals surface area (Å²) >= 11 is 1.64. The molecule has 5 rings (SSSR count). The summed E-state index contributed by atoms with van der Waals surface area (Å²) in [5.74, 6) is 1.55. The molecule has 3 aromatic carbocycles. The van der Waals surface area contributed by atoms with Crippen LogP contribution in [0, 0.1) is 0 Å². The number of nitrogens with zero attached hydrogens (tertiary/aromatic N) is 5. The van der Waals surface area contributed by atoms with Gasteiger partial charge in [-0.05, 0) is 28.5 Å². The van der Waals surface area contributed by atoms with Crippen LogP contribution in [0.4, 0.5) is 0 Å². The van der Waals surface area contributed by atoms with Crippen LogP contribution in [0.1, 0.15) is 5.56 Å². The van der Waals surface area contributed by atoms with E-state index in [1.807, 2.05) is 24.3 Å². The van der Waals surface area contributed by atoms with Crippen molar-refractivity contribution in [1.82, 2.24) is 25.0 Å². The van der Waals surface area contributed by atoms with Gasteiger partial charge in [-0.2, -0.15) is 4.68 Å². The quantitative estimate of drug-likeness (QED) is 0.316. The van der Waals surface area contributed by atoms with Gasteiger partial charge in [0.2, 0.25) is 0 Å². The highest BCUT2D eigenvalue weighted by molar-refractivity contribution is 7.98. The van der Waals surface area contributed by atoms with Gasteiger partial charge in [0.05, 0.1) is 12.8 Å². The Morgan fingerprint density at radius 1 is 0.966 bits per heavy atom. The molecule has 0 unspecified atom stereocenters. The number of ether oxygens (including phenoxy) is 1. The molecule has 0 saturated heterocycles. The number of thioether (sulfide) groups is 1. The van der Waals surface area contributed by atoms with Crippen LogP contribution in [-0.2, 0) is 5.75 Å². The maximum atomic E-state index is 5.31. The fourth-order valence-corrected chi connectivity index (χ4v) is 4.25. The van der Waals surface area contributed by atoms with Gasteiger partial charge in [0.1, 0.15) is 17.1 Å². The van der Waals surface area contributed by atoms with Crippen molar-refractivity contribution >= 4 is 33.7 Å². The van der Waals surface area contributed by atoms with E-state index in [-0.39, 0.29) is 0 Å². The van der Waals surface area contributed by atoms with Crippen molar-refractivity contribution in [1.29, 1.82) is 0 Å². The molecule has 7 heteroatoms. The lowest BCUT2D eigenvalue weighted by atomic mass is 10.1. The predicted octanol–water partition coefficient (Wildman–Crippen LogP) is 4.66. The molecule has 0 aliphatic heterocycles. The van der Waals surface area contributed by atoms with E-state index in [1.54, 1.807) is 29.9 Å². The first-order chi connectivity index (χ1) is 14.3. The summed E-state index contributed by atoms with van der Waals surface area (Å²) in [6.45, 7) is 0. The van der Waals surface area contributed by atoms with Crippen molar-refractivity contribution in [3.05, 3.63) is 78.6 Å². The third-order valence-corrected chi connectivity index (χ3v) is 5.77. The number of methoxy groups -OCH3 is 1. The molecular formula is C22H17N5OS. The lowest BCUT2D eigenvalue weighted by molar-refractivity contribution is 0.414. The van der Waals surface area contributed by atoms with Crippen LogP contribution in [0.2, 0.25) is 0 Å². The first kappa shape index (κ1) is 17.6. The van der Waals surface area contributed by atoms with E-state index in [4.69, 9.17) is 4.74 Å². The second-order valence-electron chi connectivity index (χ2n) is 6.48. The van der Waals surface area contributed by atoms with Crippen molar-refractivity contribution in [2.24, 2.45) is 0 Å². The molecule has 0 aliphatic rings. The lowest BCUT2D eigenvalue weighted by Gasteiger charge is -2.07. The fraction of sp³-hybridized carbons (Fsp3) is 0.0909. The SMILES string of the molecule is COc1cccc(-n2nnc3c(SCc4cccc5ccccc45)ncnc32)c1. The minimum Gasteiger partial charge on any atom is -0.497 e. The van der Waals surface area contributed by atoms with Gasteiger partial charge < -0.3 is 4.74 Å². The Kier molecular flexibility index (Phi) is 4.57. The summed E-state index contributed by atoms with van der Waals surface area (Å²) in [5, 5.41) is 12.0.